The number of aromatic nitrogens is 1. The third-order valence-electron chi connectivity index (χ3n) is 3.85. The summed E-state index contributed by atoms with van der Waals surface area (Å²) < 4.78 is 40.6. The van der Waals surface area contributed by atoms with E-state index in [1.165, 1.54) is 12.1 Å². The van der Waals surface area contributed by atoms with Crippen molar-refractivity contribution in [3.8, 4) is 6.07 Å². The average Bonchev–Trinajstić information content (AvgIpc) is 2.77. The fraction of sp³-hybridized carbons (Fsp3) is 0.278. The maximum absolute atomic E-state index is 12.8. The largest absolute Gasteiger partial charge is 0.416 e. The minimum Gasteiger partial charge on any atom is -0.349 e. The Balaban J connectivity index is 2.51. The number of benzene rings is 1. The summed E-state index contributed by atoms with van der Waals surface area (Å²) in [4.78, 5) is 0. The highest BCUT2D eigenvalue weighted by molar-refractivity contribution is 5.90. The van der Waals surface area contributed by atoms with E-state index in [0.29, 0.717) is 0 Å². The maximum Gasteiger partial charge on any atom is 0.416 e. The summed E-state index contributed by atoms with van der Waals surface area (Å²) in [6.45, 7) is 6.72. The average molecular weight is 318 g/mol. The zero-order valence-electron chi connectivity index (χ0n) is 13.2. The van der Waals surface area contributed by atoms with Gasteiger partial charge in [0.25, 0.3) is 0 Å². The Kier molecular flexibility index (Phi) is 4.65. The van der Waals surface area contributed by atoms with Crippen LogP contribution in [-0.4, -0.2) is 4.57 Å². The fourth-order valence-electron chi connectivity index (χ4n) is 2.66. The summed E-state index contributed by atoms with van der Waals surface area (Å²) in [5, 5.41) is 9.35. The normalized spacial score (nSPS) is 12.3. The minimum absolute atomic E-state index is 0.215. The molecule has 0 bridgehead atoms. The van der Waals surface area contributed by atoms with Gasteiger partial charge in [-0.05, 0) is 56.2 Å². The summed E-state index contributed by atoms with van der Waals surface area (Å²) in [5.41, 5.74) is 2.62. The van der Waals surface area contributed by atoms with Crippen molar-refractivity contribution in [2.45, 2.75) is 33.5 Å². The molecule has 0 N–H and O–H groups in total. The Morgan fingerprint density at radius 3 is 2.48 bits per heavy atom. The topological polar surface area (TPSA) is 28.7 Å². The van der Waals surface area contributed by atoms with Crippen LogP contribution in [0.25, 0.3) is 11.6 Å². The molecular formula is C18H17F3N2. The van der Waals surface area contributed by atoms with Gasteiger partial charge in [-0.2, -0.15) is 18.4 Å². The third kappa shape index (κ3) is 3.48. The van der Waals surface area contributed by atoms with Crippen LogP contribution in [0.1, 0.15) is 35.0 Å². The van der Waals surface area contributed by atoms with Gasteiger partial charge in [0.05, 0.1) is 17.2 Å². The van der Waals surface area contributed by atoms with E-state index in [1.54, 1.807) is 6.08 Å². The molecule has 2 aromatic rings. The molecule has 120 valence electrons. The van der Waals surface area contributed by atoms with Crippen LogP contribution in [0.15, 0.2) is 30.3 Å². The Bertz CT molecular complexity index is 790. The van der Waals surface area contributed by atoms with Crippen molar-refractivity contribution in [3.63, 3.8) is 0 Å². The van der Waals surface area contributed by atoms with Gasteiger partial charge < -0.3 is 4.57 Å². The lowest BCUT2D eigenvalue weighted by Gasteiger charge is -2.08. The molecule has 1 aromatic heterocycles. The van der Waals surface area contributed by atoms with Crippen LogP contribution in [0.4, 0.5) is 13.2 Å². The van der Waals surface area contributed by atoms with Crippen molar-refractivity contribution in [2.24, 2.45) is 0 Å². The van der Waals surface area contributed by atoms with E-state index < -0.39 is 11.7 Å². The molecule has 0 saturated carbocycles. The summed E-state index contributed by atoms with van der Waals surface area (Å²) in [6.07, 6.45) is -2.78. The number of halogens is 3. The van der Waals surface area contributed by atoms with Gasteiger partial charge in [0.2, 0.25) is 0 Å². The zero-order valence-corrected chi connectivity index (χ0v) is 13.2. The van der Waals surface area contributed by atoms with E-state index in [1.807, 2.05) is 32.9 Å². The molecule has 0 unspecified atom stereocenters. The molecule has 1 aromatic carbocycles. The first-order valence-corrected chi connectivity index (χ1v) is 7.24. The summed E-state index contributed by atoms with van der Waals surface area (Å²) in [7, 11) is 0. The number of rotatable bonds is 3. The number of allylic oxidation sites excluding steroid dienone is 1. The molecule has 2 nitrogen and oxygen atoms in total. The zero-order chi connectivity index (χ0) is 17.2. The standard InChI is InChI=1S/C18H17F3N2/c1-4-23-12(2)8-15(13(23)3)9-16(11-22)14-6-5-7-17(10-14)18(19,20)21/h5-10H,4H2,1-3H3/b16-9-. The van der Waals surface area contributed by atoms with Crippen molar-refractivity contribution in [3.05, 3.63) is 58.4 Å². The molecule has 0 aliphatic rings. The lowest BCUT2D eigenvalue weighted by molar-refractivity contribution is -0.137. The molecule has 1 heterocycles. The predicted molar refractivity (Wildman–Crippen MR) is 84.5 cm³/mol. The molecule has 0 radical (unpaired) electrons. The summed E-state index contributed by atoms with van der Waals surface area (Å²) >= 11 is 0. The molecule has 5 heteroatoms. The highest BCUT2D eigenvalue weighted by Crippen LogP contribution is 2.31. The third-order valence-corrected chi connectivity index (χ3v) is 3.85. The number of nitrogens with zero attached hydrogens (tertiary/aromatic N) is 2. The van der Waals surface area contributed by atoms with E-state index >= 15 is 0 Å². The maximum atomic E-state index is 12.8. The Morgan fingerprint density at radius 2 is 1.96 bits per heavy atom. The Morgan fingerprint density at radius 1 is 1.26 bits per heavy atom. The number of hydrogen-bond acceptors (Lipinski definition) is 1. The molecule has 0 saturated heterocycles. The molecule has 0 aliphatic carbocycles. The van der Waals surface area contributed by atoms with Crippen LogP contribution in [-0.2, 0) is 12.7 Å². The number of aryl methyl sites for hydroxylation is 1. The smallest absolute Gasteiger partial charge is 0.349 e. The number of alkyl halides is 3. The van der Waals surface area contributed by atoms with Gasteiger partial charge in [0.1, 0.15) is 0 Å². The lowest BCUT2D eigenvalue weighted by atomic mass is 10.0. The van der Waals surface area contributed by atoms with Crippen molar-refractivity contribution >= 4 is 11.6 Å². The van der Waals surface area contributed by atoms with E-state index in [2.05, 4.69) is 4.57 Å². The van der Waals surface area contributed by atoms with Gasteiger partial charge in [-0.1, -0.05) is 12.1 Å². The monoisotopic (exact) mass is 318 g/mol. The van der Waals surface area contributed by atoms with E-state index in [0.717, 1.165) is 35.6 Å². The van der Waals surface area contributed by atoms with E-state index in [-0.39, 0.29) is 11.1 Å². The second kappa shape index (κ2) is 6.33. The Hall–Kier alpha value is -2.48. The molecule has 2 rings (SSSR count). The molecule has 0 fully saturated rings. The van der Waals surface area contributed by atoms with Crippen molar-refractivity contribution in [1.82, 2.24) is 4.57 Å². The lowest BCUT2D eigenvalue weighted by Crippen LogP contribution is -2.04. The summed E-state index contributed by atoms with van der Waals surface area (Å²) in [5.74, 6) is 0. The first-order valence-electron chi connectivity index (χ1n) is 7.24. The van der Waals surface area contributed by atoms with E-state index in [4.69, 9.17) is 0 Å². The Labute approximate surface area is 133 Å². The van der Waals surface area contributed by atoms with Gasteiger partial charge in [0, 0.05) is 17.9 Å². The molecular weight excluding hydrogens is 301 g/mol. The minimum atomic E-state index is -4.42. The molecule has 0 atom stereocenters. The van der Waals surface area contributed by atoms with Crippen LogP contribution in [0.3, 0.4) is 0 Å². The van der Waals surface area contributed by atoms with Crippen LogP contribution < -0.4 is 0 Å². The predicted octanol–water partition coefficient (Wildman–Crippen LogP) is 5.21. The van der Waals surface area contributed by atoms with Crippen LogP contribution >= 0.6 is 0 Å². The van der Waals surface area contributed by atoms with Crippen LogP contribution in [0.2, 0.25) is 0 Å². The second-order valence-corrected chi connectivity index (χ2v) is 5.32. The molecule has 0 amide bonds. The first-order chi connectivity index (χ1) is 10.8. The first kappa shape index (κ1) is 16.9. The van der Waals surface area contributed by atoms with Crippen molar-refractivity contribution in [1.29, 1.82) is 5.26 Å². The van der Waals surface area contributed by atoms with Gasteiger partial charge in [-0.25, -0.2) is 0 Å². The van der Waals surface area contributed by atoms with Crippen LogP contribution in [0.5, 0.6) is 0 Å². The van der Waals surface area contributed by atoms with Gasteiger partial charge >= 0.3 is 6.18 Å². The van der Waals surface area contributed by atoms with E-state index in [9.17, 15) is 18.4 Å². The van der Waals surface area contributed by atoms with Gasteiger partial charge in [-0.3, -0.25) is 0 Å². The van der Waals surface area contributed by atoms with Crippen molar-refractivity contribution < 1.29 is 13.2 Å². The molecule has 0 spiro atoms. The summed E-state index contributed by atoms with van der Waals surface area (Å²) in [6, 6.07) is 8.78. The quantitative estimate of drug-likeness (QED) is 0.714. The second-order valence-electron chi connectivity index (χ2n) is 5.32. The fourth-order valence-corrected chi connectivity index (χ4v) is 2.66. The van der Waals surface area contributed by atoms with Crippen molar-refractivity contribution in [2.75, 3.05) is 0 Å². The highest BCUT2D eigenvalue weighted by Gasteiger charge is 2.30. The number of hydrogen-bond donors (Lipinski definition) is 0. The number of nitriles is 1. The van der Waals surface area contributed by atoms with Gasteiger partial charge in [0.15, 0.2) is 0 Å². The van der Waals surface area contributed by atoms with Gasteiger partial charge in [-0.15, -0.1) is 0 Å². The molecule has 23 heavy (non-hydrogen) atoms. The highest BCUT2D eigenvalue weighted by atomic mass is 19.4. The SMILES string of the molecule is CCn1c(C)cc(/C=C(/C#N)c2cccc(C(F)(F)F)c2)c1C. The molecule has 0 aliphatic heterocycles. The van der Waals surface area contributed by atoms with Crippen LogP contribution in [0, 0.1) is 25.2 Å².